The second-order valence-electron chi connectivity index (χ2n) is 6.56. The van der Waals surface area contributed by atoms with Crippen LogP contribution in [-0.2, 0) is 23.8 Å². The van der Waals surface area contributed by atoms with Gasteiger partial charge in [-0.25, -0.2) is 0 Å². The zero-order valence-corrected chi connectivity index (χ0v) is 14.4. The topological polar surface area (TPSA) is 41.1 Å². The smallest absolute Gasteiger partial charge is 0.376 e. The van der Waals surface area contributed by atoms with E-state index in [-0.39, 0.29) is 12.2 Å². The number of carbonyl (C=O) groups is 1. The molecule has 1 aliphatic rings. The van der Waals surface area contributed by atoms with E-state index in [2.05, 4.69) is 16.7 Å². The lowest BCUT2D eigenvalue weighted by atomic mass is 10.0. The van der Waals surface area contributed by atoms with E-state index in [0.29, 0.717) is 0 Å². The van der Waals surface area contributed by atoms with Gasteiger partial charge in [0, 0.05) is 11.1 Å². The third-order valence-electron chi connectivity index (χ3n) is 4.82. The Morgan fingerprint density at radius 2 is 1.63 bits per heavy atom. The van der Waals surface area contributed by atoms with Crippen LogP contribution in [0.3, 0.4) is 0 Å². The number of hydrogen-bond acceptors (Lipinski definition) is 2. The summed E-state index contributed by atoms with van der Waals surface area (Å²) < 4.78 is 39.1. The summed E-state index contributed by atoms with van der Waals surface area (Å²) in [5.74, 6) is -0.532. The molecule has 0 aliphatic heterocycles. The van der Waals surface area contributed by atoms with Crippen molar-refractivity contribution >= 4 is 28.1 Å². The molecule has 0 heterocycles. The van der Waals surface area contributed by atoms with Gasteiger partial charge in [0.2, 0.25) is 5.91 Å². The van der Waals surface area contributed by atoms with Gasteiger partial charge in [-0.2, -0.15) is 13.2 Å². The number of para-hydroxylation sites is 1. The van der Waals surface area contributed by atoms with E-state index in [0.717, 1.165) is 30.0 Å². The van der Waals surface area contributed by atoms with Crippen LogP contribution in [0, 0.1) is 0 Å². The van der Waals surface area contributed by atoms with Crippen LogP contribution in [0.25, 0.3) is 10.8 Å². The summed E-state index contributed by atoms with van der Waals surface area (Å²) in [5, 5.41) is 7.65. The molecule has 0 saturated heterocycles. The van der Waals surface area contributed by atoms with Crippen LogP contribution in [0.15, 0.2) is 54.6 Å². The Labute approximate surface area is 154 Å². The van der Waals surface area contributed by atoms with Gasteiger partial charge in [-0.3, -0.25) is 4.79 Å². The molecule has 2 N–H and O–H groups in total. The predicted molar refractivity (Wildman–Crippen MR) is 99.9 cm³/mol. The Morgan fingerprint density at radius 3 is 2.41 bits per heavy atom. The minimum absolute atomic E-state index is 0.120. The highest BCUT2D eigenvalue weighted by Gasteiger charge is 2.33. The Hall–Kier alpha value is -3.02. The summed E-state index contributed by atoms with van der Waals surface area (Å²) in [6.07, 6.45) is -2.51. The van der Waals surface area contributed by atoms with Gasteiger partial charge in [0.15, 0.2) is 0 Å². The molecule has 3 aromatic carbocycles. The molecule has 4 rings (SSSR count). The summed E-state index contributed by atoms with van der Waals surface area (Å²) >= 11 is 0. The van der Waals surface area contributed by atoms with Crippen LogP contribution >= 0.6 is 0 Å². The fourth-order valence-electron chi connectivity index (χ4n) is 3.61. The van der Waals surface area contributed by atoms with Crippen molar-refractivity contribution in [2.45, 2.75) is 19.0 Å². The van der Waals surface area contributed by atoms with Crippen LogP contribution in [-0.4, -0.2) is 12.5 Å². The van der Waals surface area contributed by atoms with Gasteiger partial charge < -0.3 is 10.6 Å². The van der Waals surface area contributed by atoms with Gasteiger partial charge >= 0.3 is 6.18 Å². The van der Waals surface area contributed by atoms with E-state index in [1.54, 1.807) is 0 Å². The molecule has 1 amide bonds. The first-order valence-electron chi connectivity index (χ1n) is 8.67. The number of nitrogens with one attached hydrogen (secondary N) is 2. The van der Waals surface area contributed by atoms with Gasteiger partial charge in [-0.15, -0.1) is 0 Å². The largest absolute Gasteiger partial charge is 0.418 e. The maximum absolute atomic E-state index is 13.0. The lowest BCUT2D eigenvalue weighted by molar-refractivity contribution is -0.137. The third kappa shape index (κ3) is 3.35. The van der Waals surface area contributed by atoms with Crippen molar-refractivity contribution in [3.8, 4) is 0 Å². The lowest BCUT2D eigenvalue weighted by Gasteiger charge is -2.15. The molecular weight excluding hydrogens is 353 g/mol. The predicted octanol–water partition coefficient (Wildman–Crippen LogP) is 5.01. The SMILES string of the molecule is O=C(CNc1ccc2c3c(cccc13)CC2)Nc1ccccc1C(F)(F)F. The zero-order chi connectivity index (χ0) is 19.0. The summed E-state index contributed by atoms with van der Waals surface area (Å²) in [5.41, 5.74) is 2.28. The molecular formula is C21H17F3N2O. The number of rotatable bonds is 4. The molecule has 27 heavy (non-hydrogen) atoms. The highest BCUT2D eigenvalue weighted by atomic mass is 19.4. The number of alkyl halides is 3. The lowest BCUT2D eigenvalue weighted by Crippen LogP contribution is -2.23. The number of amides is 1. The molecule has 0 atom stereocenters. The first-order valence-corrected chi connectivity index (χ1v) is 8.67. The van der Waals surface area contributed by atoms with Crippen molar-refractivity contribution in [1.29, 1.82) is 0 Å². The minimum atomic E-state index is -4.52. The second kappa shape index (κ2) is 6.61. The van der Waals surface area contributed by atoms with E-state index in [1.807, 2.05) is 24.3 Å². The normalized spacial score (nSPS) is 13.0. The fourth-order valence-corrected chi connectivity index (χ4v) is 3.61. The van der Waals surface area contributed by atoms with Gasteiger partial charge in [0.05, 0.1) is 17.8 Å². The van der Waals surface area contributed by atoms with Crippen LogP contribution in [0.2, 0.25) is 0 Å². The first-order chi connectivity index (χ1) is 12.9. The van der Waals surface area contributed by atoms with Gasteiger partial charge in [-0.05, 0) is 47.6 Å². The maximum atomic E-state index is 13.0. The number of halogens is 3. The summed E-state index contributed by atoms with van der Waals surface area (Å²) in [6, 6.07) is 15.0. The molecule has 3 aromatic rings. The molecule has 3 nitrogen and oxygen atoms in total. The minimum Gasteiger partial charge on any atom is -0.376 e. The van der Waals surface area contributed by atoms with Crippen LogP contribution < -0.4 is 10.6 Å². The molecule has 0 radical (unpaired) electrons. The molecule has 0 bridgehead atoms. The maximum Gasteiger partial charge on any atom is 0.418 e. The standard InChI is InChI=1S/C21H17F3N2O/c22-21(23,24)16-6-1-2-7-18(16)26-19(27)12-25-17-11-10-14-9-8-13-4-3-5-15(17)20(13)14/h1-7,10-11,25H,8-9,12H2,(H,26,27). The average Bonchev–Trinajstić information content (AvgIpc) is 3.06. The zero-order valence-electron chi connectivity index (χ0n) is 14.4. The van der Waals surface area contributed by atoms with Crippen molar-refractivity contribution in [1.82, 2.24) is 0 Å². The first kappa shape index (κ1) is 17.4. The van der Waals surface area contributed by atoms with E-state index >= 15 is 0 Å². The van der Waals surface area contributed by atoms with E-state index in [4.69, 9.17) is 0 Å². The summed E-state index contributed by atoms with van der Waals surface area (Å²) in [6.45, 7) is -0.120. The van der Waals surface area contributed by atoms with Crippen LogP contribution in [0.5, 0.6) is 0 Å². The summed E-state index contributed by atoms with van der Waals surface area (Å²) in [4.78, 5) is 12.2. The Bertz CT molecular complexity index is 1020. The fraction of sp³-hybridized carbons (Fsp3) is 0.190. The van der Waals surface area contributed by atoms with E-state index < -0.39 is 17.6 Å². The Balaban J connectivity index is 1.51. The van der Waals surface area contributed by atoms with Gasteiger partial charge in [0.1, 0.15) is 0 Å². The molecule has 0 saturated carbocycles. The van der Waals surface area contributed by atoms with E-state index in [9.17, 15) is 18.0 Å². The number of hydrogen-bond donors (Lipinski definition) is 2. The highest BCUT2D eigenvalue weighted by Crippen LogP contribution is 2.36. The van der Waals surface area contributed by atoms with Crippen molar-refractivity contribution in [2.24, 2.45) is 0 Å². The number of benzene rings is 3. The number of anilines is 2. The molecule has 0 fully saturated rings. The van der Waals surface area contributed by atoms with Crippen molar-refractivity contribution in [2.75, 3.05) is 17.2 Å². The highest BCUT2D eigenvalue weighted by molar-refractivity contribution is 6.01. The molecule has 6 heteroatoms. The quantitative estimate of drug-likeness (QED) is 0.678. The van der Waals surface area contributed by atoms with Gasteiger partial charge in [-0.1, -0.05) is 36.4 Å². The van der Waals surface area contributed by atoms with E-state index in [1.165, 1.54) is 34.7 Å². The average molecular weight is 370 g/mol. The van der Waals surface area contributed by atoms with Crippen molar-refractivity contribution in [3.05, 3.63) is 71.3 Å². The summed E-state index contributed by atoms with van der Waals surface area (Å²) in [7, 11) is 0. The Morgan fingerprint density at radius 1 is 0.889 bits per heavy atom. The molecule has 138 valence electrons. The van der Waals surface area contributed by atoms with Crippen molar-refractivity contribution in [3.63, 3.8) is 0 Å². The molecule has 1 aliphatic carbocycles. The number of aryl methyl sites for hydroxylation is 2. The molecule has 0 aromatic heterocycles. The monoisotopic (exact) mass is 370 g/mol. The van der Waals surface area contributed by atoms with Crippen LogP contribution in [0.4, 0.5) is 24.5 Å². The Kier molecular flexibility index (Phi) is 4.26. The van der Waals surface area contributed by atoms with Crippen LogP contribution in [0.1, 0.15) is 16.7 Å². The second-order valence-corrected chi connectivity index (χ2v) is 6.56. The third-order valence-corrected chi connectivity index (χ3v) is 4.82. The molecule has 0 unspecified atom stereocenters. The van der Waals surface area contributed by atoms with Gasteiger partial charge in [0.25, 0.3) is 0 Å². The van der Waals surface area contributed by atoms with Crippen molar-refractivity contribution < 1.29 is 18.0 Å². The number of carbonyl (C=O) groups excluding carboxylic acids is 1. The molecule has 0 spiro atoms.